The van der Waals surface area contributed by atoms with Crippen LogP contribution in [0.1, 0.15) is 24.1 Å². The second-order valence-electron chi connectivity index (χ2n) is 3.66. The van der Waals surface area contributed by atoms with E-state index < -0.39 is 0 Å². The van der Waals surface area contributed by atoms with Gasteiger partial charge in [-0.15, -0.1) is 11.8 Å². The van der Waals surface area contributed by atoms with Crippen LogP contribution < -0.4 is 11.3 Å². The van der Waals surface area contributed by atoms with E-state index in [2.05, 4.69) is 53.4 Å². The fourth-order valence-electron chi connectivity index (χ4n) is 1.75. The van der Waals surface area contributed by atoms with E-state index in [0.717, 1.165) is 5.75 Å². The third kappa shape index (κ3) is 3.10. The zero-order valence-corrected chi connectivity index (χ0v) is 11.4. The van der Waals surface area contributed by atoms with Gasteiger partial charge in [0.2, 0.25) is 0 Å². The maximum absolute atomic E-state index is 5.64. The average molecular weight is 264 g/mol. The van der Waals surface area contributed by atoms with Gasteiger partial charge in [0.1, 0.15) is 0 Å². The Morgan fingerprint density at radius 2 is 2.00 bits per heavy atom. The molecule has 0 aliphatic heterocycles. The summed E-state index contributed by atoms with van der Waals surface area (Å²) in [5.41, 5.74) is 5.29. The van der Waals surface area contributed by atoms with Gasteiger partial charge in [0.15, 0.2) is 0 Å². The molecule has 17 heavy (non-hydrogen) atoms. The number of nitrogens with one attached hydrogen (secondary N) is 1. The molecular formula is C13H16N2S2. The number of benzene rings is 1. The quantitative estimate of drug-likeness (QED) is 0.494. The summed E-state index contributed by atoms with van der Waals surface area (Å²) in [6.45, 7) is 2.16. The summed E-state index contributed by atoms with van der Waals surface area (Å²) in [4.78, 5) is 1.30. The highest BCUT2D eigenvalue weighted by Gasteiger charge is 2.12. The van der Waals surface area contributed by atoms with Crippen molar-refractivity contribution in [1.29, 1.82) is 0 Å². The summed E-state index contributed by atoms with van der Waals surface area (Å²) in [5.74, 6) is 6.74. The monoisotopic (exact) mass is 264 g/mol. The standard InChI is InChI=1S/C13H16N2S2/c1-2-17-12-5-3-10(4-6-12)13(15-14)11-7-8-16-9-11/h3-9,13,15H,2,14H2,1H3. The Bertz CT molecular complexity index is 437. The molecule has 1 heterocycles. The first-order valence-corrected chi connectivity index (χ1v) is 7.49. The molecule has 0 bridgehead atoms. The van der Waals surface area contributed by atoms with E-state index in [1.807, 2.05) is 11.8 Å². The lowest BCUT2D eigenvalue weighted by molar-refractivity contribution is 0.638. The number of rotatable bonds is 5. The summed E-state index contributed by atoms with van der Waals surface area (Å²) >= 11 is 3.54. The number of hydrogen-bond donors (Lipinski definition) is 2. The lowest BCUT2D eigenvalue weighted by Crippen LogP contribution is -2.28. The average Bonchev–Trinajstić information content (AvgIpc) is 2.86. The molecule has 1 aromatic carbocycles. The Morgan fingerprint density at radius 3 is 2.53 bits per heavy atom. The molecule has 0 aliphatic rings. The number of hydrazine groups is 1. The predicted octanol–water partition coefficient (Wildman–Crippen LogP) is 3.41. The van der Waals surface area contributed by atoms with E-state index in [1.165, 1.54) is 16.0 Å². The topological polar surface area (TPSA) is 38.0 Å². The highest BCUT2D eigenvalue weighted by atomic mass is 32.2. The molecule has 0 saturated carbocycles. The molecular weight excluding hydrogens is 248 g/mol. The zero-order valence-electron chi connectivity index (χ0n) is 9.72. The van der Waals surface area contributed by atoms with E-state index in [0.29, 0.717) is 0 Å². The molecule has 0 amide bonds. The maximum Gasteiger partial charge on any atom is 0.0718 e. The van der Waals surface area contributed by atoms with Crippen molar-refractivity contribution in [2.24, 2.45) is 5.84 Å². The van der Waals surface area contributed by atoms with Crippen LogP contribution >= 0.6 is 23.1 Å². The molecule has 1 unspecified atom stereocenters. The highest BCUT2D eigenvalue weighted by molar-refractivity contribution is 7.99. The highest BCUT2D eigenvalue weighted by Crippen LogP contribution is 2.25. The van der Waals surface area contributed by atoms with Crippen molar-refractivity contribution in [3.05, 3.63) is 52.2 Å². The Hall–Kier alpha value is -0.810. The Kier molecular flexibility index (Phi) is 4.62. The minimum Gasteiger partial charge on any atom is -0.271 e. The van der Waals surface area contributed by atoms with Gasteiger partial charge in [0, 0.05) is 4.90 Å². The minimum absolute atomic E-state index is 0.0851. The molecule has 0 radical (unpaired) electrons. The van der Waals surface area contributed by atoms with Crippen LogP contribution in [0.25, 0.3) is 0 Å². The van der Waals surface area contributed by atoms with Gasteiger partial charge in [-0.1, -0.05) is 19.1 Å². The van der Waals surface area contributed by atoms with E-state index in [-0.39, 0.29) is 6.04 Å². The van der Waals surface area contributed by atoms with Crippen LogP contribution in [-0.2, 0) is 0 Å². The van der Waals surface area contributed by atoms with Gasteiger partial charge in [-0.05, 0) is 45.8 Å². The van der Waals surface area contributed by atoms with Crippen molar-refractivity contribution >= 4 is 23.1 Å². The van der Waals surface area contributed by atoms with Crippen molar-refractivity contribution < 1.29 is 0 Å². The Labute approximate surface area is 110 Å². The van der Waals surface area contributed by atoms with Gasteiger partial charge >= 0.3 is 0 Å². The Morgan fingerprint density at radius 1 is 1.24 bits per heavy atom. The molecule has 0 aliphatic carbocycles. The summed E-state index contributed by atoms with van der Waals surface area (Å²) in [6, 6.07) is 10.8. The summed E-state index contributed by atoms with van der Waals surface area (Å²) in [5, 5.41) is 4.19. The molecule has 1 atom stereocenters. The first-order valence-electron chi connectivity index (χ1n) is 5.56. The van der Waals surface area contributed by atoms with Crippen LogP contribution in [0.15, 0.2) is 46.0 Å². The lowest BCUT2D eigenvalue weighted by atomic mass is 10.0. The van der Waals surface area contributed by atoms with Gasteiger partial charge in [0.05, 0.1) is 6.04 Å². The van der Waals surface area contributed by atoms with Crippen LogP contribution in [0.4, 0.5) is 0 Å². The van der Waals surface area contributed by atoms with E-state index in [9.17, 15) is 0 Å². The summed E-state index contributed by atoms with van der Waals surface area (Å²) in [7, 11) is 0. The molecule has 2 rings (SSSR count). The lowest BCUT2D eigenvalue weighted by Gasteiger charge is -2.15. The maximum atomic E-state index is 5.64. The number of hydrogen-bond acceptors (Lipinski definition) is 4. The van der Waals surface area contributed by atoms with Crippen molar-refractivity contribution in [2.45, 2.75) is 17.9 Å². The summed E-state index contributed by atoms with van der Waals surface area (Å²) in [6.07, 6.45) is 0. The first-order chi connectivity index (χ1) is 8.35. The smallest absolute Gasteiger partial charge is 0.0718 e. The molecule has 0 saturated heterocycles. The van der Waals surface area contributed by atoms with Gasteiger partial charge in [-0.2, -0.15) is 11.3 Å². The van der Waals surface area contributed by atoms with Crippen LogP contribution in [0.5, 0.6) is 0 Å². The SMILES string of the molecule is CCSc1ccc(C(NN)c2ccsc2)cc1. The second-order valence-corrected chi connectivity index (χ2v) is 5.78. The van der Waals surface area contributed by atoms with Gasteiger partial charge in [0.25, 0.3) is 0 Å². The fraction of sp³-hybridized carbons (Fsp3) is 0.231. The van der Waals surface area contributed by atoms with Gasteiger partial charge < -0.3 is 0 Å². The number of nitrogens with two attached hydrogens (primary N) is 1. The number of thioether (sulfide) groups is 1. The third-order valence-electron chi connectivity index (χ3n) is 2.57. The molecule has 2 nitrogen and oxygen atoms in total. The molecule has 0 spiro atoms. The fourth-order valence-corrected chi connectivity index (χ4v) is 3.10. The predicted molar refractivity (Wildman–Crippen MR) is 76.3 cm³/mol. The van der Waals surface area contributed by atoms with E-state index >= 15 is 0 Å². The normalized spacial score (nSPS) is 12.6. The molecule has 0 fully saturated rings. The first kappa shape index (κ1) is 12.6. The van der Waals surface area contributed by atoms with Crippen molar-refractivity contribution in [1.82, 2.24) is 5.43 Å². The molecule has 90 valence electrons. The minimum atomic E-state index is 0.0851. The van der Waals surface area contributed by atoms with Crippen molar-refractivity contribution in [3.8, 4) is 0 Å². The largest absolute Gasteiger partial charge is 0.271 e. The van der Waals surface area contributed by atoms with E-state index in [1.54, 1.807) is 11.3 Å². The third-order valence-corrected chi connectivity index (χ3v) is 4.16. The van der Waals surface area contributed by atoms with Crippen LogP contribution in [-0.4, -0.2) is 5.75 Å². The molecule has 2 aromatic rings. The van der Waals surface area contributed by atoms with Crippen LogP contribution in [0.3, 0.4) is 0 Å². The zero-order chi connectivity index (χ0) is 12.1. The van der Waals surface area contributed by atoms with Crippen molar-refractivity contribution in [3.63, 3.8) is 0 Å². The molecule has 3 N–H and O–H groups in total. The van der Waals surface area contributed by atoms with Crippen LogP contribution in [0.2, 0.25) is 0 Å². The van der Waals surface area contributed by atoms with E-state index in [4.69, 9.17) is 5.84 Å². The Balaban J connectivity index is 2.20. The second kappa shape index (κ2) is 6.21. The van der Waals surface area contributed by atoms with Crippen LogP contribution in [0, 0.1) is 0 Å². The molecule has 1 aromatic heterocycles. The van der Waals surface area contributed by atoms with Gasteiger partial charge in [-0.25, -0.2) is 5.43 Å². The molecule has 4 heteroatoms. The van der Waals surface area contributed by atoms with Gasteiger partial charge in [-0.3, -0.25) is 5.84 Å². The van der Waals surface area contributed by atoms with Crippen molar-refractivity contribution in [2.75, 3.05) is 5.75 Å². The number of thiophene rings is 1. The summed E-state index contributed by atoms with van der Waals surface area (Å²) < 4.78 is 0.